The van der Waals surface area contributed by atoms with Gasteiger partial charge in [-0.05, 0) is 31.6 Å². The van der Waals surface area contributed by atoms with Gasteiger partial charge in [-0.1, -0.05) is 34.1 Å². The molecule has 8 atom stereocenters. The van der Waals surface area contributed by atoms with Gasteiger partial charge in [0.15, 0.2) is 5.96 Å². The first-order valence-corrected chi connectivity index (χ1v) is 19.5. The van der Waals surface area contributed by atoms with E-state index in [4.69, 9.17) is 22.3 Å². The van der Waals surface area contributed by atoms with Gasteiger partial charge in [-0.3, -0.25) is 38.6 Å². The third-order valence-electron chi connectivity index (χ3n) is 8.57. The van der Waals surface area contributed by atoms with E-state index in [-0.39, 0.29) is 49.2 Å². The number of imidazole rings is 1. The summed E-state index contributed by atoms with van der Waals surface area (Å²) in [6.07, 6.45) is 3.32. The minimum Gasteiger partial charge on any atom is -0.481 e. The molecule has 57 heavy (non-hydrogen) atoms. The van der Waals surface area contributed by atoms with Gasteiger partial charge in [0.05, 0.1) is 18.8 Å². The number of carbonyl (C=O) groups is 8. The lowest BCUT2D eigenvalue weighted by atomic mass is 9.98. The lowest BCUT2D eigenvalue weighted by Gasteiger charge is -2.27. The number of amides is 6. The van der Waals surface area contributed by atoms with Crippen molar-refractivity contribution in [2.75, 3.05) is 18.1 Å². The fourth-order valence-corrected chi connectivity index (χ4v) is 6.23. The van der Waals surface area contributed by atoms with Crippen LogP contribution in [0.2, 0.25) is 0 Å². The maximum absolute atomic E-state index is 13.4. The highest BCUT2D eigenvalue weighted by atomic mass is 32.2. The maximum atomic E-state index is 13.4. The van der Waals surface area contributed by atoms with E-state index in [2.05, 4.69) is 46.9 Å². The van der Waals surface area contributed by atoms with E-state index < -0.39 is 96.1 Å². The number of carbonyl (C=O) groups excluding carboxylic acids is 6. The third-order valence-corrected chi connectivity index (χ3v) is 9.87. The average Bonchev–Trinajstić information content (AvgIpc) is 3.65. The minimum atomic E-state index is -1.43. The molecule has 0 aliphatic heterocycles. The predicted molar refractivity (Wildman–Crippen MR) is 210 cm³/mol. The highest BCUT2D eigenvalue weighted by Crippen LogP contribution is 2.12. The molecule has 0 saturated carbocycles. The Morgan fingerprint density at radius 2 is 1.47 bits per heavy atom. The van der Waals surface area contributed by atoms with Crippen LogP contribution < -0.4 is 49.1 Å². The van der Waals surface area contributed by atoms with Crippen LogP contribution in [0.5, 0.6) is 0 Å². The van der Waals surface area contributed by atoms with Crippen LogP contribution in [0.15, 0.2) is 17.5 Å². The van der Waals surface area contributed by atoms with Crippen LogP contribution in [0.1, 0.15) is 66.0 Å². The van der Waals surface area contributed by atoms with Crippen molar-refractivity contribution in [3.8, 4) is 0 Å². The van der Waals surface area contributed by atoms with Crippen molar-refractivity contribution >= 4 is 65.6 Å². The number of nitrogens with one attached hydrogen (secondary N) is 7. The van der Waals surface area contributed by atoms with Crippen LogP contribution in [0.25, 0.3) is 0 Å². The van der Waals surface area contributed by atoms with Crippen molar-refractivity contribution in [1.29, 1.82) is 0 Å². The molecule has 320 valence electrons. The number of H-pyrrole nitrogens is 1. The smallest absolute Gasteiger partial charge is 0.327 e. The molecule has 15 N–H and O–H groups in total. The molecule has 0 saturated heterocycles. The summed E-state index contributed by atoms with van der Waals surface area (Å²) in [6, 6.07) is -7.83. The number of aliphatic imine (C=N–C) groups is 1. The number of thioether (sulfide) groups is 1. The first kappa shape index (κ1) is 49.6. The number of hydrogen-bond acceptors (Lipinski definition) is 12. The summed E-state index contributed by atoms with van der Waals surface area (Å²) in [4.78, 5) is 111. The molecule has 0 radical (unpaired) electrons. The zero-order chi connectivity index (χ0) is 43.2. The zero-order valence-corrected chi connectivity index (χ0v) is 33.6. The summed E-state index contributed by atoms with van der Waals surface area (Å²) in [5.41, 5.74) is 16.9. The molecule has 1 heterocycles. The van der Waals surface area contributed by atoms with E-state index in [0.29, 0.717) is 18.5 Å². The molecule has 0 spiro atoms. The van der Waals surface area contributed by atoms with Gasteiger partial charge in [-0.15, -0.1) is 0 Å². The lowest BCUT2D eigenvalue weighted by Crippen LogP contribution is -2.58. The Kier molecular flexibility index (Phi) is 22.3. The van der Waals surface area contributed by atoms with Gasteiger partial charge in [0.1, 0.15) is 30.2 Å². The van der Waals surface area contributed by atoms with Gasteiger partial charge in [0.2, 0.25) is 35.9 Å². The number of carboxylic acid groups (broad SMARTS) is 2. The Morgan fingerprint density at radius 3 is 2.02 bits per heavy atom. The molecule has 0 bridgehead atoms. The van der Waals surface area contributed by atoms with E-state index in [1.54, 1.807) is 27.7 Å². The largest absolute Gasteiger partial charge is 0.481 e. The second kappa shape index (κ2) is 25.7. The van der Waals surface area contributed by atoms with Gasteiger partial charge in [0, 0.05) is 42.4 Å². The second-order valence-corrected chi connectivity index (χ2v) is 14.9. The predicted octanol–water partition coefficient (Wildman–Crippen LogP) is -3.11. The fraction of sp³-hybridized carbons (Fsp3) is 0.647. The van der Waals surface area contributed by atoms with Crippen molar-refractivity contribution < 1.29 is 48.6 Å². The molecule has 1 rings (SSSR count). The summed E-state index contributed by atoms with van der Waals surface area (Å²) in [6.45, 7) is 8.75. The number of rotatable bonds is 28. The van der Waals surface area contributed by atoms with E-state index in [0.717, 1.165) is 11.8 Å². The molecule has 0 aliphatic carbocycles. The summed E-state index contributed by atoms with van der Waals surface area (Å²) < 4.78 is 0. The second-order valence-electron chi connectivity index (χ2n) is 13.8. The zero-order valence-electron chi connectivity index (χ0n) is 32.8. The third kappa shape index (κ3) is 18.8. The molecule has 6 amide bonds. The van der Waals surface area contributed by atoms with Crippen LogP contribution in [-0.4, -0.2) is 134 Å². The van der Waals surface area contributed by atoms with Crippen LogP contribution >= 0.6 is 11.8 Å². The van der Waals surface area contributed by atoms with Crippen LogP contribution in [0.4, 0.5) is 0 Å². The number of aliphatic carboxylic acids is 2. The van der Waals surface area contributed by atoms with Gasteiger partial charge >= 0.3 is 11.9 Å². The minimum absolute atomic E-state index is 0.0289. The molecule has 22 nitrogen and oxygen atoms in total. The van der Waals surface area contributed by atoms with Crippen molar-refractivity contribution in [2.45, 2.75) is 109 Å². The molecule has 0 aliphatic rings. The molecular weight excluding hydrogens is 769 g/mol. The number of carboxylic acids is 2. The lowest BCUT2D eigenvalue weighted by molar-refractivity contribution is -0.141. The molecule has 0 fully saturated rings. The van der Waals surface area contributed by atoms with Crippen molar-refractivity contribution in [3.63, 3.8) is 0 Å². The molecule has 0 aromatic carbocycles. The maximum Gasteiger partial charge on any atom is 0.327 e. The normalized spacial score (nSPS) is 15.2. The summed E-state index contributed by atoms with van der Waals surface area (Å²) in [5.74, 6) is -7.05. The molecule has 1 aromatic heterocycles. The summed E-state index contributed by atoms with van der Waals surface area (Å²) in [5, 5.41) is 34.3. The van der Waals surface area contributed by atoms with Crippen molar-refractivity contribution in [1.82, 2.24) is 41.9 Å². The first-order chi connectivity index (χ1) is 26.8. The fourth-order valence-electron chi connectivity index (χ4n) is 5.20. The van der Waals surface area contributed by atoms with Crippen molar-refractivity contribution in [3.05, 3.63) is 18.2 Å². The molecule has 8 unspecified atom stereocenters. The van der Waals surface area contributed by atoms with Gasteiger partial charge < -0.3 is 64.3 Å². The number of hydrogen-bond donors (Lipinski definition) is 12. The van der Waals surface area contributed by atoms with Crippen LogP contribution in [-0.2, 0) is 44.8 Å². The van der Waals surface area contributed by atoms with Gasteiger partial charge in [-0.2, -0.15) is 11.8 Å². The quantitative estimate of drug-likeness (QED) is 0.0172. The number of aromatic nitrogens is 2. The van der Waals surface area contributed by atoms with E-state index in [1.807, 2.05) is 6.92 Å². The standard InChI is InChI=1S/C34H58N12O10S/c1-6-18(4)27(41-16-47)32(54)44-23(10-20-12-38-15-40-20)30(52)45-24(33(55)56)14-57-13-19(5)42-31(53)26(17(2)3)46-29(51)22(8-7-9-39-34(36)37)43-28(50)21(35)11-25(48)49/h12,15-19,21-24,26-27H,6-11,13-14,35H2,1-5H3,(H,38,40)(H,41,47)(H,42,53)(H,43,50)(H,44,54)(H,45,52)(H,46,51)(H,48,49)(H,55,56)(H4,36,37,39). The van der Waals surface area contributed by atoms with Crippen LogP contribution in [0, 0.1) is 11.8 Å². The Bertz CT molecular complexity index is 1530. The number of aromatic amines is 1. The van der Waals surface area contributed by atoms with E-state index in [9.17, 15) is 43.5 Å². The highest BCUT2D eigenvalue weighted by Gasteiger charge is 2.33. The number of nitrogens with zero attached hydrogens (tertiary/aromatic N) is 2. The Balaban J connectivity index is 2.96. The number of nitrogens with two attached hydrogens (primary N) is 3. The topological polar surface area (TPSA) is 368 Å². The van der Waals surface area contributed by atoms with Crippen molar-refractivity contribution in [2.24, 2.45) is 34.0 Å². The Hall–Kier alpha value is -5.45. The van der Waals surface area contributed by atoms with Gasteiger partial charge in [-0.25, -0.2) is 9.78 Å². The highest BCUT2D eigenvalue weighted by molar-refractivity contribution is 7.99. The summed E-state index contributed by atoms with van der Waals surface area (Å²) >= 11 is 1.12. The summed E-state index contributed by atoms with van der Waals surface area (Å²) in [7, 11) is 0. The van der Waals surface area contributed by atoms with E-state index in [1.165, 1.54) is 12.5 Å². The molecule has 1 aromatic rings. The number of guanidine groups is 1. The first-order valence-electron chi connectivity index (χ1n) is 18.3. The average molecular weight is 827 g/mol. The molecular formula is C34H58N12O10S. The monoisotopic (exact) mass is 826 g/mol. The van der Waals surface area contributed by atoms with Gasteiger partial charge in [0.25, 0.3) is 0 Å². The SMILES string of the molecule is CCC(C)C(NC=O)C(=O)NC(Cc1cnc[nH]1)C(=O)NC(CSCC(C)NC(=O)C(NC(=O)C(CCCN=C(N)N)NC(=O)C(N)CC(=O)O)C(C)C)C(=O)O. The molecule has 23 heteroatoms. The Labute approximate surface area is 334 Å². The Morgan fingerprint density at radius 1 is 0.860 bits per heavy atom. The van der Waals surface area contributed by atoms with E-state index >= 15 is 0 Å². The van der Waals surface area contributed by atoms with Crippen LogP contribution in [0.3, 0.4) is 0 Å².